The number of hydrogen-bond acceptors (Lipinski definition) is 3. The van der Waals surface area contributed by atoms with Crippen LogP contribution in [0.1, 0.15) is 12.8 Å². The first-order valence-corrected chi connectivity index (χ1v) is 5.61. The van der Waals surface area contributed by atoms with Crippen LogP contribution in [0.4, 0.5) is 10.5 Å². The van der Waals surface area contributed by atoms with Crippen molar-refractivity contribution < 1.29 is 14.7 Å². The standard InChI is InChI=1S/C13H16N2O3/c1-2-11(16)4-3-9-14-13(18)15-10-5-7-12(17)8-6-10/h2,5-8,17H,1,3-4,9H2,(H2,14,15,18). The Kier molecular flexibility index (Phi) is 5.44. The number of rotatable bonds is 6. The van der Waals surface area contributed by atoms with Crippen molar-refractivity contribution in [2.24, 2.45) is 0 Å². The van der Waals surface area contributed by atoms with Gasteiger partial charge in [-0.05, 0) is 36.8 Å². The fourth-order valence-corrected chi connectivity index (χ4v) is 1.29. The second-order valence-corrected chi connectivity index (χ2v) is 3.70. The number of hydrogen-bond donors (Lipinski definition) is 3. The van der Waals surface area contributed by atoms with E-state index in [1.165, 1.54) is 18.2 Å². The number of carbonyl (C=O) groups is 2. The summed E-state index contributed by atoms with van der Waals surface area (Å²) in [6.07, 6.45) is 2.23. The Morgan fingerprint density at radius 3 is 2.56 bits per heavy atom. The number of anilines is 1. The van der Waals surface area contributed by atoms with Crippen molar-refractivity contribution in [2.45, 2.75) is 12.8 Å². The highest BCUT2D eigenvalue weighted by Gasteiger charge is 2.01. The molecule has 5 nitrogen and oxygen atoms in total. The molecule has 3 N–H and O–H groups in total. The SMILES string of the molecule is C=CC(=O)CCCNC(=O)Nc1ccc(O)cc1. The molecule has 0 heterocycles. The zero-order chi connectivity index (χ0) is 13.4. The maximum atomic E-state index is 11.4. The van der Waals surface area contributed by atoms with E-state index in [9.17, 15) is 9.59 Å². The van der Waals surface area contributed by atoms with Gasteiger partial charge in [0.05, 0.1) is 0 Å². The molecule has 1 rings (SSSR count). The lowest BCUT2D eigenvalue weighted by molar-refractivity contribution is -0.114. The van der Waals surface area contributed by atoms with Crippen molar-refractivity contribution in [2.75, 3.05) is 11.9 Å². The van der Waals surface area contributed by atoms with Crippen molar-refractivity contribution in [3.63, 3.8) is 0 Å². The fraction of sp³-hybridized carbons (Fsp3) is 0.231. The van der Waals surface area contributed by atoms with E-state index < -0.39 is 0 Å². The summed E-state index contributed by atoms with van der Waals surface area (Å²) in [7, 11) is 0. The van der Waals surface area contributed by atoms with Gasteiger partial charge < -0.3 is 15.7 Å². The Bertz CT molecular complexity index is 426. The van der Waals surface area contributed by atoms with Crippen LogP contribution in [0.3, 0.4) is 0 Å². The van der Waals surface area contributed by atoms with Gasteiger partial charge in [0, 0.05) is 18.7 Å². The lowest BCUT2D eigenvalue weighted by Gasteiger charge is -2.07. The lowest BCUT2D eigenvalue weighted by atomic mass is 10.2. The molecular weight excluding hydrogens is 232 g/mol. The summed E-state index contributed by atoms with van der Waals surface area (Å²) in [4.78, 5) is 22.3. The summed E-state index contributed by atoms with van der Waals surface area (Å²) in [5.41, 5.74) is 0.590. The van der Waals surface area contributed by atoms with Gasteiger partial charge in [-0.15, -0.1) is 0 Å². The minimum absolute atomic E-state index is 0.0317. The minimum atomic E-state index is -0.341. The molecule has 0 aromatic heterocycles. The van der Waals surface area contributed by atoms with E-state index in [4.69, 9.17) is 5.11 Å². The molecular formula is C13H16N2O3. The Morgan fingerprint density at radius 2 is 1.94 bits per heavy atom. The molecule has 96 valence electrons. The Balaban J connectivity index is 2.23. The molecule has 0 atom stereocenters. The van der Waals surface area contributed by atoms with Crippen molar-refractivity contribution in [3.8, 4) is 5.75 Å². The van der Waals surface area contributed by atoms with Crippen molar-refractivity contribution in [1.29, 1.82) is 0 Å². The van der Waals surface area contributed by atoms with E-state index in [-0.39, 0.29) is 17.6 Å². The summed E-state index contributed by atoms with van der Waals surface area (Å²) in [5, 5.41) is 14.3. The predicted octanol–water partition coefficient (Wildman–Crippen LogP) is 2.05. The van der Waals surface area contributed by atoms with Gasteiger partial charge in [0.15, 0.2) is 5.78 Å². The van der Waals surface area contributed by atoms with E-state index in [0.29, 0.717) is 25.1 Å². The van der Waals surface area contributed by atoms with Crippen LogP contribution in [0.5, 0.6) is 5.75 Å². The second-order valence-electron chi connectivity index (χ2n) is 3.70. The molecule has 0 saturated carbocycles. The van der Waals surface area contributed by atoms with E-state index in [1.807, 2.05) is 0 Å². The fourth-order valence-electron chi connectivity index (χ4n) is 1.29. The number of urea groups is 1. The number of amides is 2. The molecule has 0 unspecified atom stereocenters. The normalized spacial score (nSPS) is 9.56. The Hall–Kier alpha value is -2.30. The molecule has 0 aliphatic rings. The van der Waals surface area contributed by atoms with E-state index in [1.54, 1.807) is 12.1 Å². The van der Waals surface area contributed by atoms with Crippen LogP contribution in [-0.4, -0.2) is 23.5 Å². The van der Waals surface area contributed by atoms with Gasteiger partial charge in [-0.25, -0.2) is 4.79 Å². The van der Waals surface area contributed by atoms with E-state index in [2.05, 4.69) is 17.2 Å². The maximum absolute atomic E-state index is 11.4. The molecule has 0 aliphatic heterocycles. The number of benzene rings is 1. The Morgan fingerprint density at radius 1 is 1.28 bits per heavy atom. The third kappa shape index (κ3) is 5.16. The largest absolute Gasteiger partial charge is 0.508 e. The van der Waals surface area contributed by atoms with Gasteiger partial charge in [0.25, 0.3) is 0 Å². The monoisotopic (exact) mass is 248 g/mol. The van der Waals surface area contributed by atoms with Crippen LogP contribution in [0.15, 0.2) is 36.9 Å². The van der Waals surface area contributed by atoms with Gasteiger partial charge in [-0.1, -0.05) is 6.58 Å². The van der Waals surface area contributed by atoms with Crippen LogP contribution in [-0.2, 0) is 4.79 Å². The van der Waals surface area contributed by atoms with Gasteiger partial charge in [0.2, 0.25) is 0 Å². The highest BCUT2D eigenvalue weighted by molar-refractivity contribution is 5.90. The van der Waals surface area contributed by atoms with Crippen molar-refractivity contribution >= 4 is 17.5 Å². The molecule has 2 amide bonds. The molecule has 0 aliphatic carbocycles. The molecule has 0 fully saturated rings. The molecule has 1 aromatic carbocycles. The number of nitrogens with one attached hydrogen (secondary N) is 2. The van der Waals surface area contributed by atoms with Crippen molar-refractivity contribution in [1.82, 2.24) is 5.32 Å². The zero-order valence-corrected chi connectivity index (χ0v) is 9.98. The first-order chi connectivity index (χ1) is 8.61. The van der Waals surface area contributed by atoms with Gasteiger partial charge in [-0.3, -0.25) is 4.79 Å². The van der Waals surface area contributed by atoms with Crippen molar-refractivity contribution in [3.05, 3.63) is 36.9 Å². The third-order valence-electron chi connectivity index (χ3n) is 2.24. The molecule has 0 spiro atoms. The predicted molar refractivity (Wildman–Crippen MR) is 69.6 cm³/mol. The third-order valence-corrected chi connectivity index (χ3v) is 2.24. The first kappa shape index (κ1) is 13.8. The highest BCUT2D eigenvalue weighted by Crippen LogP contribution is 2.13. The molecule has 0 bridgehead atoms. The summed E-state index contributed by atoms with van der Waals surface area (Å²) >= 11 is 0. The summed E-state index contributed by atoms with van der Waals surface area (Å²) in [5.74, 6) is 0.111. The second kappa shape index (κ2) is 7.11. The zero-order valence-electron chi connectivity index (χ0n) is 9.98. The van der Waals surface area contributed by atoms with Crippen LogP contribution < -0.4 is 10.6 Å². The lowest BCUT2D eigenvalue weighted by Crippen LogP contribution is -2.29. The quantitative estimate of drug-likeness (QED) is 0.409. The van der Waals surface area contributed by atoms with E-state index in [0.717, 1.165) is 0 Å². The topological polar surface area (TPSA) is 78.4 Å². The number of aromatic hydroxyl groups is 1. The van der Waals surface area contributed by atoms with Crippen LogP contribution in [0, 0.1) is 0 Å². The number of phenols is 1. The summed E-state index contributed by atoms with van der Waals surface area (Å²) < 4.78 is 0. The van der Waals surface area contributed by atoms with Gasteiger partial charge >= 0.3 is 6.03 Å². The average molecular weight is 248 g/mol. The number of ketones is 1. The maximum Gasteiger partial charge on any atom is 0.319 e. The molecule has 5 heteroatoms. The number of carbonyl (C=O) groups excluding carboxylic acids is 2. The summed E-state index contributed by atoms with van der Waals surface area (Å²) in [6, 6.07) is 5.81. The Labute approximate surface area is 106 Å². The van der Waals surface area contributed by atoms with Gasteiger partial charge in [-0.2, -0.15) is 0 Å². The molecule has 1 aromatic rings. The smallest absolute Gasteiger partial charge is 0.319 e. The molecule has 0 saturated heterocycles. The average Bonchev–Trinajstić information content (AvgIpc) is 2.37. The van der Waals surface area contributed by atoms with E-state index >= 15 is 0 Å². The van der Waals surface area contributed by atoms with Crippen LogP contribution in [0.2, 0.25) is 0 Å². The van der Waals surface area contributed by atoms with Crippen LogP contribution in [0.25, 0.3) is 0 Å². The summed E-state index contributed by atoms with van der Waals surface area (Å²) in [6.45, 7) is 3.79. The number of allylic oxidation sites excluding steroid dienone is 1. The highest BCUT2D eigenvalue weighted by atomic mass is 16.3. The molecule has 0 radical (unpaired) electrons. The van der Waals surface area contributed by atoms with Crippen LogP contribution >= 0.6 is 0 Å². The number of phenolic OH excluding ortho intramolecular Hbond substituents is 1. The molecule has 18 heavy (non-hydrogen) atoms. The minimum Gasteiger partial charge on any atom is -0.508 e. The van der Waals surface area contributed by atoms with Gasteiger partial charge in [0.1, 0.15) is 5.75 Å². The first-order valence-electron chi connectivity index (χ1n) is 5.61.